The van der Waals surface area contributed by atoms with E-state index >= 15 is 0 Å². The Hall–Kier alpha value is -2.04. The van der Waals surface area contributed by atoms with Crippen LogP contribution in [0.15, 0.2) is 24.3 Å². The molecule has 0 unspecified atom stereocenters. The number of hydrogen-bond donors (Lipinski definition) is 3. The van der Waals surface area contributed by atoms with Crippen LogP contribution in [0.1, 0.15) is 44.9 Å². The van der Waals surface area contributed by atoms with Crippen LogP contribution in [0, 0.1) is 29.6 Å². The fourth-order valence-electron chi connectivity index (χ4n) is 5.80. The Morgan fingerprint density at radius 1 is 0.769 bits per heavy atom. The largest absolute Gasteiger partial charge is 0.335 e. The molecule has 5 heteroatoms. The summed E-state index contributed by atoms with van der Waals surface area (Å²) in [5.74, 6) is 3.36. The Kier molecular flexibility index (Phi) is 3.91. The zero-order valence-electron chi connectivity index (χ0n) is 15.0. The Morgan fingerprint density at radius 3 is 1.85 bits per heavy atom. The molecule has 26 heavy (non-hydrogen) atoms. The summed E-state index contributed by atoms with van der Waals surface area (Å²) in [4.78, 5) is 24.7. The van der Waals surface area contributed by atoms with Gasteiger partial charge in [-0.1, -0.05) is 0 Å². The number of benzene rings is 1. The van der Waals surface area contributed by atoms with Crippen LogP contribution in [-0.4, -0.2) is 18.0 Å². The molecule has 0 heterocycles. The van der Waals surface area contributed by atoms with Crippen molar-refractivity contribution in [1.29, 1.82) is 0 Å². The predicted octanol–water partition coefficient (Wildman–Crippen LogP) is 3.98. The van der Waals surface area contributed by atoms with Gasteiger partial charge in [-0.15, -0.1) is 0 Å². The molecule has 0 atom stereocenters. The summed E-state index contributed by atoms with van der Waals surface area (Å²) in [5.41, 5.74) is 1.56. The molecule has 0 spiro atoms. The molecule has 0 radical (unpaired) electrons. The van der Waals surface area contributed by atoms with E-state index in [0.29, 0.717) is 17.9 Å². The third-order valence-electron chi connectivity index (χ3n) is 6.85. The first-order valence-electron chi connectivity index (χ1n) is 10.1. The van der Waals surface area contributed by atoms with Gasteiger partial charge in [0.2, 0.25) is 5.91 Å². The van der Waals surface area contributed by atoms with Crippen LogP contribution in [-0.2, 0) is 4.79 Å². The van der Waals surface area contributed by atoms with Crippen LogP contribution in [0.5, 0.6) is 0 Å². The van der Waals surface area contributed by atoms with Gasteiger partial charge in [0.15, 0.2) is 0 Å². The van der Waals surface area contributed by atoms with Crippen molar-refractivity contribution in [1.82, 2.24) is 5.32 Å². The highest BCUT2D eigenvalue weighted by Gasteiger charge is 2.50. The lowest BCUT2D eigenvalue weighted by molar-refractivity contribution is -0.132. The Morgan fingerprint density at radius 2 is 1.31 bits per heavy atom. The molecule has 5 fully saturated rings. The van der Waals surface area contributed by atoms with Crippen LogP contribution in [0.25, 0.3) is 0 Å². The van der Waals surface area contributed by atoms with E-state index in [1.165, 1.54) is 32.1 Å². The molecule has 5 nitrogen and oxygen atoms in total. The van der Waals surface area contributed by atoms with Gasteiger partial charge in [-0.3, -0.25) is 4.79 Å². The maximum atomic E-state index is 12.9. The molecule has 5 saturated carbocycles. The first kappa shape index (κ1) is 16.2. The van der Waals surface area contributed by atoms with Gasteiger partial charge in [0.1, 0.15) is 0 Å². The number of hydrogen-bond acceptors (Lipinski definition) is 2. The van der Waals surface area contributed by atoms with E-state index in [0.717, 1.165) is 36.1 Å². The lowest BCUT2D eigenvalue weighted by Gasteiger charge is -2.53. The fraction of sp³-hybridized carbons (Fsp3) is 0.619. The van der Waals surface area contributed by atoms with E-state index in [9.17, 15) is 9.59 Å². The zero-order valence-corrected chi connectivity index (χ0v) is 15.0. The van der Waals surface area contributed by atoms with Gasteiger partial charge in [0.25, 0.3) is 0 Å². The number of urea groups is 1. The Labute approximate surface area is 154 Å². The van der Waals surface area contributed by atoms with Gasteiger partial charge < -0.3 is 16.0 Å². The van der Waals surface area contributed by atoms with Crippen molar-refractivity contribution in [2.45, 2.75) is 51.0 Å². The van der Waals surface area contributed by atoms with Crippen molar-refractivity contribution in [2.75, 3.05) is 10.6 Å². The standard InChI is InChI=1S/C21H27N3O2/c25-20(19-14-8-12-7-13(10-14)11-15(19)9-12)22-16-1-3-17(4-2-16)23-21(26)24-18-5-6-18/h1-4,12-15,18-19H,5-11H2,(H,22,25)(H2,23,24,26). The number of rotatable bonds is 4. The smallest absolute Gasteiger partial charge is 0.319 e. The van der Waals surface area contributed by atoms with Crippen molar-refractivity contribution >= 4 is 23.3 Å². The molecule has 0 aliphatic heterocycles. The number of carbonyl (C=O) groups is 2. The van der Waals surface area contributed by atoms with Crippen molar-refractivity contribution in [3.63, 3.8) is 0 Å². The number of nitrogens with one attached hydrogen (secondary N) is 3. The molecule has 6 rings (SSSR count). The van der Waals surface area contributed by atoms with Gasteiger partial charge >= 0.3 is 6.03 Å². The van der Waals surface area contributed by atoms with E-state index in [1.807, 2.05) is 24.3 Å². The summed E-state index contributed by atoms with van der Waals surface area (Å²) in [6.07, 6.45) is 8.57. The SMILES string of the molecule is O=C(Nc1ccc(NC(=O)C2C3CC4CC(C3)CC2C4)cc1)NC1CC1. The second kappa shape index (κ2) is 6.29. The molecule has 5 aliphatic carbocycles. The molecule has 3 N–H and O–H groups in total. The molecule has 138 valence electrons. The van der Waals surface area contributed by atoms with Crippen LogP contribution >= 0.6 is 0 Å². The highest BCUT2D eigenvalue weighted by Crippen LogP contribution is 2.56. The van der Waals surface area contributed by atoms with E-state index in [2.05, 4.69) is 16.0 Å². The fourth-order valence-corrected chi connectivity index (χ4v) is 5.80. The molecular weight excluding hydrogens is 326 g/mol. The van der Waals surface area contributed by atoms with E-state index in [4.69, 9.17) is 0 Å². The number of anilines is 2. The zero-order chi connectivity index (χ0) is 17.7. The van der Waals surface area contributed by atoms with Gasteiger partial charge in [-0.2, -0.15) is 0 Å². The highest BCUT2D eigenvalue weighted by molar-refractivity contribution is 5.94. The maximum absolute atomic E-state index is 12.9. The number of carbonyl (C=O) groups excluding carboxylic acids is 2. The first-order valence-corrected chi connectivity index (χ1v) is 10.1. The topological polar surface area (TPSA) is 70.2 Å². The van der Waals surface area contributed by atoms with E-state index in [1.54, 1.807) is 0 Å². The summed E-state index contributed by atoms with van der Waals surface area (Å²) in [6, 6.07) is 7.63. The molecule has 3 amide bonds. The average molecular weight is 353 g/mol. The molecular formula is C21H27N3O2. The van der Waals surface area contributed by atoms with Crippen molar-refractivity contribution < 1.29 is 9.59 Å². The quantitative estimate of drug-likeness (QED) is 0.766. The van der Waals surface area contributed by atoms with Crippen LogP contribution in [0.2, 0.25) is 0 Å². The van der Waals surface area contributed by atoms with Gasteiger partial charge in [-0.25, -0.2) is 4.79 Å². The lowest BCUT2D eigenvalue weighted by Crippen LogP contribution is -2.49. The second-order valence-corrected chi connectivity index (χ2v) is 8.90. The number of amides is 3. The van der Waals surface area contributed by atoms with E-state index < -0.39 is 0 Å². The Balaban J connectivity index is 1.19. The molecule has 1 aromatic carbocycles. The lowest BCUT2D eigenvalue weighted by atomic mass is 9.51. The van der Waals surface area contributed by atoms with Gasteiger partial charge in [0, 0.05) is 23.3 Å². The minimum Gasteiger partial charge on any atom is -0.335 e. The van der Waals surface area contributed by atoms with Crippen molar-refractivity contribution in [3.05, 3.63) is 24.3 Å². The van der Waals surface area contributed by atoms with Crippen molar-refractivity contribution in [3.8, 4) is 0 Å². The van der Waals surface area contributed by atoms with Crippen molar-refractivity contribution in [2.24, 2.45) is 29.6 Å². The van der Waals surface area contributed by atoms with Crippen LogP contribution in [0.4, 0.5) is 16.2 Å². The second-order valence-electron chi connectivity index (χ2n) is 8.90. The predicted molar refractivity (Wildman–Crippen MR) is 101 cm³/mol. The minimum absolute atomic E-state index is 0.155. The average Bonchev–Trinajstić information content (AvgIpc) is 3.39. The van der Waals surface area contributed by atoms with Gasteiger partial charge in [-0.05, 0) is 92.9 Å². The summed E-state index contributed by atoms with van der Waals surface area (Å²) >= 11 is 0. The monoisotopic (exact) mass is 353 g/mol. The van der Waals surface area contributed by atoms with E-state index in [-0.39, 0.29) is 17.9 Å². The molecule has 5 aliphatic rings. The normalized spacial score (nSPS) is 34.4. The minimum atomic E-state index is -0.155. The summed E-state index contributed by atoms with van der Waals surface area (Å²) in [6.45, 7) is 0. The molecule has 1 aromatic rings. The summed E-state index contributed by atoms with van der Waals surface area (Å²) < 4.78 is 0. The molecule has 4 bridgehead atoms. The molecule has 0 aromatic heterocycles. The van der Waals surface area contributed by atoms with Crippen LogP contribution < -0.4 is 16.0 Å². The third kappa shape index (κ3) is 3.19. The summed E-state index contributed by atoms with van der Waals surface area (Å²) in [5, 5.41) is 8.86. The highest BCUT2D eigenvalue weighted by atomic mass is 16.2. The first-order chi connectivity index (χ1) is 12.6. The molecule has 0 saturated heterocycles. The Bertz CT molecular complexity index is 682. The summed E-state index contributed by atoms with van der Waals surface area (Å²) in [7, 11) is 0. The maximum Gasteiger partial charge on any atom is 0.319 e. The van der Waals surface area contributed by atoms with Gasteiger partial charge in [0.05, 0.1) is 0 Å². The van der Waals surface area contributed by atoms with Crippen LogP contribution in [0.3, 0.4) is 0 Å². The third-order valence-corrected chi connectivity index (χ3v) is 6.85.